The molecule has 134 valence electrons. The van der Waals surface area contributed by atoms with Crippen LogP contribution in [0.1, 0.15) is 33.2 Å². The second kappa shape index (κ2) is 7.77. The lowest BCUT2D eigenvalue weighted by Gasteiger charge is -2.11. The van der Waals surface area contributed by atoms with Crippen LogP contribution in [0.4, 0.5) is 4.39 Å². The summed E-state index contributed by atoms with van der Waals surface area (Å²) in [7, 11) is 0. The molecule has 1 N–H and O–H groups in total. The number of aromatic nitrogens is 2. The van der Waals surface area contributed by atoms with Crippen molar-refractivity contribution in [1.29, 1.82) is 0 Å². The summed E-state index contributed by atoms with van der Waals surface area (Å²) < 4.78 is 24.1. The first-order valence-corrected chi connectivity index (χ1v) is 8.07. The van der Waals surface area contributed by atoms with Crippen LogP contribution in [0.25, 0.3) is 0 Å². The summed E-state index contributed by atoms with van der Waals surface area (Å²) in [6, 6.07) is 11.7. The number of hydrogen-bond donors (Lipinski definition) is 1. The van der Waals surface area contributed by atoms with Gasteiger partial charge in [-0.05, 0) is 36.2 Å². The minimum absolute atomic E-state index is 0.0881. The van der Waals surface area contributed by atoms with E-state index in [0.29, 0.717) is 34.2 Å². The number of hydrogen-bond acceptors (Lipinski definition) is 5. The number of halogens is 1. The molecule has 0 saturated heterocycles. The Bertz CT molecular complexity index is 924. The number of rotatable bonds is 6. The van der Waals surface area contributed by atoms with Crippen LogP contribution >= 0.6 is 0 Å². The number of aryl methyl sites for hydroxylation is 2. The van der Waals surface area contributed by atoms with Gasteiger partial charge in [0.2, 0.25) is 11.7 Å². The SMILES string of the molecule is Cc1nc(COc2ccccc2C(=O)NCc2ccc(C)c(F)c2)no1. The monoisotopic (exact) mass is 355 g/mol. The van der Waals surface area contributed by atoms with Gasteiger partial charge < -0.3 is 14.6 Å². The second-order valence-corrected chi connectivity index (χ2v) is 5.78. The number of nitrogens with zero attached hydrogens (tertiary/aromatic N) is 2. The highest BCUT2D eigenvalue weighted by Gasteiger charge is 2.13. The number of carbonyl (C=O) groups is 1. The molecule has 0 aliphatic carbocycles. The van der Waals surface area contributed by atoms with Crippen LogP contribution in [0.15, 0.2) is 47.0 Å². The van der Waals surface area contributed by atoms with Gasteiger partial charge in [0.25, 0.3) is 5.91 Å². The first-order valence-electron chi connectivity index (χ1n) is 8.07. The van der Waals surface area contributed by atoms with E-state index in [9.17, 15) is 9.18 Å². The summed E-state index contributed by atoms with van der Waals surface area (Å²) in [4.78, 5) is 16.5. The third kappa shape index (κ3) is 4.24. The van der Waals surface area contributed by atoms with Gasteiger partial charge in [0.05, 0.1) is 5.56 Å². The predicted molar refractivity (Wildman–Crippen MR) is 92.1 cm³/mol. The lowest BCUT2D eigenvalue weighted by Crippen LogP contribution is -2.23. The maximum atomic E-state index is 13.6. The van der Waals surface area contributed by atoms with Crippen LogP contribution in [-0.4, -0.2) is 16.0 Å². The molecule has 2 aromatic carbocycles. The molecule has 1 heterocycles. The molecule has 26 heavy (non-hydrogen) atoms. The van der Waals surface area contributed by atoms with Crippen LogP contribution in [0.3, 0.4) is 0 Å². The molecule has 3 aromatic rings. The first kappa shape index (κ1) is 17.6. The van der Waals surface area contributed by atoms with Crippen molar-refractivity contribution in [1.82, 2.24) is 15.5 Å². The van der Waals surface area contributed by atoms with E-state index in [4.69, 9.17) is 9.26 Å². The van der Waals surface area contributed by atoms with Crippen LogP contribution < -0.4 is 10.1 Å². The van der Waals surface area contributed by atoms with E-state index in [1.807, 2.05) is 0 Å². The van der Waals surface area contributed by atoms with E-state index >= 15 is 0 Å². The van der Waals surface area contributed by atoms with Crippen molar-refractivity contribution < 1.29 is 18.4 Å². The average molecular weight is 355 g/mol. The Hall–Kier alpha value is -3.22. The molecule has 0 radical (unpaired) electrons. The smallest absolute Gasteiger partial charge is 0.255 e. The maximum absolute atomic E-state index is 13.6. The molecule has 0 atom stereocenters. The fourth-order valence-electron chi connectivity index (χ4n) is 2.35. The van der Waals surface area contributed by atoms with E-state index in [0.717, 1.165) is 0 Å². The van der Waals surface area contributed by atoms with Gasteiger partial charge in [0, 0.05) is 13.5 Å². The lowest BCUT2D eigenvalue weighted by molar-refractivity contribution is 0.0946. The number of nitrogens with one attached hydrogen (secondary N) is 1. The number of carbonyl (C=O) groups excluding carboxylic acids is 1. The van der Waals surface area contributed by atoms with Crippen LogP contribution in [-0.2, 0) is 13.2 Å². The van der Waals surface area contributed by atoms with Crippen molar-refractivity contribution in [3.05, 3.63) is 76.7 Å². The summed E-state index contributed by atoms with van der Waals surface area (Å²) >= 11 is 0. The summed E-state index contributed by atoms with van der Waals surface area (Å²) in [5, 5.41) is 6.52. The van der Waals surface area contributed by atoms with Crippen molar-refractivity contribution in [3.63, 3.8) is 0 Å². The first-order chi connectivity index (χ1) is 12.5. The Balaban J connectivity index is 1.66. The molecule has 0 unspecified atom stereocenters. The molecule has 7 heteroatoms. The van der Waals surface area contributed by atoms with Gasteiger partial charge in [0.1, 0.15) is 11.6 Å². The Kier molecular flexibility index (Phi) is 5.26. The molecule has 1 amide bonds. The lowest BCUT2D eigenvalue weighted by atomic mass is 10.1. The fraction of sp³-hybridized carbons (Fsp3) is 0.211. The normalized spacial score (nSPS) is 10.6. The topological polar surface area (TPSA) is 77.2 Å². The van der Waals surface area contributed by atoms with Crippen LogP contribution in [0.2, 0.25) is 0 Å². The van der Waals surface area contributed by atoms with E-state index in [-0.39, 0.29) is 24.9 Å². The Morgan fingerprint density at radius 2 is 2.04 bits per heavy atom. The van der Waals surface area contributed by atoms with Crippen molar-refractivity contribution in [2.75, 3.05) is 0 Å². The van der Waals surface area contributed by atoms with E-state index in [2.05, 4.69) is 15.5 Å². The largest absolute Gasteiger partial charge is 0.485 e. The molecular formula is C19H18FN3O3. The fourth-order valence-corrected chi connectivity index (χ4v) is 2.35. The van der Waals surface area contributed by atoms with E-state index in [1.165, 1.54) is 6.07 Å². The van der Waals surface area contributed by atoms with Crippen LogP contribution in [0, 0.1) is 19.7 Å². The zero-order valence-electron chi connectivity index (χ0n) is 14.5. The zero-order chi connectivity index (χ0) is 18.5. The summed E-state index contributed by atoms with van der Waals surface area (Å²) in [5.74, 6) is 0.636. The van der Waals surface area contributed by atoms with E-state index < -0.39 is 0 Å². The van der Waals surface area contributed by atoms with Crippen molar-refractivity contribution >= 4 is 5.91 Å². The standard InChI is InChI=1S/C19H18FN3O3/c1-12-7-8-14(9-16(12)20)10-21-19(24)15-5-3-4-6-17(15)25-11-18-22-13(2)26-23-18/h3-9H,10-11H2,1-2H3,(H,21,24). The van der Waals surface area contributed by atoms with Gasteiger partial charge >= 0.3 is 0 Å². The van der Waals surface area contributed by atoms with Gasteiger partial charge in [-0.3, -0.25) is 4.79 Å². The highest BCUT2D eigenvalue weighted by atomic mass is 19.1. The minimum atomic E-state index is -0.314. The Morgan fingerprint density at radius 1 is 1.23 bits per heavy atom. The Labute approximate surface area is 150 Å². The highest BCUT2D eigenvalue weighted by Crippen LogP contribution is 2.19. The number of para-hydroxylation sites is 1. The number of amides is 1. The molecule has 0 aliphatic rings. The third-order valence-corrected chi connectivity index (χ3v) is 3.75. The number of ether oxygens (including phenoxy) is 1. The zero-order valence-corrected chi connectivity index (χ0v) is 14.5. The van der Waals surface area contributed by atoms with Crippen molar-refractivity contribution in [2.24, 2.45) is 0 Å². The van der Waals surface area contributed by atoms with Crippen LogP contribution in [0.5, 0.6) is 5.75 Å². The molecule has 1 aromatic heterocycles. The van der Waals surface area contributed by atoms with Crippen molar-refractivity contribution in [3.8, 4) is 5.75 Å². The molecule has 0 saturated carbocycles. The molecule has 0 aliphatic heterocycles. The highest BCUT2D eigenvalue weighted by molar-refractivity contribution is 5.96. The third-order valence-electron chi connectivity index (χ3n) is 3.75. The maximum Gasteiger partial charge on any atom is 0.255 e. The molecule has 3 rings (SSSR count). The molecule has 0 bridgehead atoms. The van der Waals surface area contributed by atoms with Gasteiger partial charge in [-0.1, -0.05) is 29.4 Å². The van der Waals surface area contributed by atoms with Gasteiger partial charge in [-0.2, -0.15) is 4.98 Å². The quantitative estimate of drug-likeness (QED) is 0.734. The second-order valence-electron chi connectivity index (χ2n) is 5.78. The molecule has 0 spiro atoms. The van der Waals surface area contributed by atoms with Gasteiger partial charge in [-0.15, -0.1) is 0 Å². The Morgan fingerprint density at radius 3 is 2.77 bits per heavy atom. The average Bonchev–Trinajstić information content (AvgIpc) is 3.06. The van der Waals surface area contributed by atoms with Gasteiger partial charge in [0.15, 0.2) is 6.61 Å². The minimum Gasteiger partial charge on any atom is -0.485 e. The molecule has 6 nitrogen and oxygen atoms in total. The van der Waals surface area contributed by atoms with E-state index in [1.54, 1.807) is 50.2 Å². The van der Waals surface area contributed by atoms with Crippen molar-refractivity contribution in [2.45, 2.75) is 27.0 Å². The molecule has 0 fully saturated rings. The molecular weight excluding hydrogens is 337 g/mol. The summed E-state index contributed by atoms with van der Waals surface area (Å²) in [6.45, 7) is 3.68. The summed E-state index contributed by atoms with van der Waals surface area (Å²) in [5.41, 5.74) is 1.62. The summed E-state index contributed by atoms with van der Waals surface area (Å²) in [6.07, 6.45) is 0. The van der Waals surface area contributed by atoms with Gasteiger partial charge in [-0.25, -0.2) is 4.39 Å². The number of benzene rings is 2. The predicted octanol–water partition coefficient (Wildman–Crippen LogP) is 3.33.